The second-order valence-corrected chi connectivity index (χ2v) is 3.13. The number of nitrogens with one attached hydrogen (secondary N) is 1. The van der Waals surface area contributed by atoms with Gasteiger partial charge < -0.3 is 9.73 Å². The Hall–Kier alpha value is -1.02. The molecule has 0 saturated carbocycles. The maximum Gasteiger partial charge on any atom is 0.117 e. The van der Waals surface area contributed by atoms with Gasteiger partial charge in [0.2, 0.25) is 0 Å². The van der Waals surface area contributed by atoms with Crippen molar-refractivity contribution in [1.29, 1.82) is 0 Å². The van der Waals surface area contributed by atoms with E-state index in [9.17, 15) is 0 Å². The summed E-state index contributed by atoms with van der Waals surface area (Å²) < 4.78 is 5.53. The van der Waals surface area contributed by atoms with Gasteiger partial charge in [-0.3, -0.25) is 0 Å². The first-order chi connectivity index (χ1) is 6.26. The molecule has 2 heteroatoms. The summed E-state index contributed by atoms with van der Waals surface area (Å²) in [5.41, 5.74) is 0. The Labute approximate surface area is 79.6 Å². The molecule has 1 N–H and O–H groups in total. The van der Waals surface area contributed by atoms with E-state index >= 15 is 0 Å². The highest BCUT2D eigenvalue weighted by atomic mass is 16.3. The van der Waals surface area contributed by atoms with E-state index in [4.69, 9.17) is 4.42 Å². The van der Waals surface area contributed by atoms with Crippen LogP contribution in [0.5, 0.6) is 0 Å². The Kier molecular flexibility index (Phi) is 3.77. The molecule has 2 nitrogen and oxygen atoms in total. The molecule has 0 saturated heterocycles. The van der Waals surface area contributed by atoms with Gasteiger partial charge in [-0.2, -0.15) is 0 Å². The van der Waals surface area contributed by atoms with Crippen molar-refractivity contribution in [2.45, 2.75) is 32.9 Å². The standard InChI is InChI=1S/C11H17NO/c1-4-9(3)12-8-11-7-6-10(5-2)13-11/h4,6-7,9,12H,1,5,8H2,2-3H3. The molecule has 1 atom stereocenters. The Morgan fingerprint density at radius 2 is 2.23 bits per heavy atom. The SMILES string of the molecule is C=CC(C)NCc1ccc(CC)o1. The van der Waals surface area contributed by atoms with Gasteiger partial charge in [0, 0.05) is 12.5 Å². The van der Waals surface area contributed by atoms with E-state index < -0.39 is 0 Å². The summed E-state index contributed by atoms with van der Waals surface area (Å²) in [6.45, 7) is 8.62. The molecule has 1 heterocycles. The summed E-state index contributed by atoms with van der Waals surface area (Å²) in [7, 11) is 0. The van der Waals surface area contributed by atoms with Crippen molar-refractivity contribution in [2.75, 3.05) is 0 Å². The van der Waals surface area contributed by atoms with Gasteiger partial charge in [0.05, 0.1) is 6.54 Å². The van der Waals surface area contributed by atoms with Crippen molar-refractivity contribution in [2.24, 2.45) is 0 Å². The van der Waals surface area contributed by atoms with Crippen molar-refractivity contribution in [3.05, 3.63) is 36.3 Å². The molecule has 0 spiro atoms. The van der Waals surface area contributed by atoms with E-state index in [1.54, 1.807) is 0 Å². The predicted molar refractivity (Wildman–Crippen MR) is 54.6 cm³/mol. The van der Waals surface area contributed by atoms with Crippen LogP contribution in [0.2, 0.25) is 0 Å². The van der Waals surface area contributed by atoms with Crippen LogP contribution in [0.4, 0.5) is 0 Å². The molecule has 0 aliphatic rings. The van der Waals surface area contributed by atoms with Gasteiger partial charge in [0.25, 0.3) is 0 Å². The third-order valence-electron chi connectivity index (χ3n) is 2.02. The Morgan fingerprint density at radius 1 is 1.54 bits per heavy atom. The van der Waals surface area contributed by atoms with Gasteiger partial charge in [-0.15, -0.1) is 6.58 Å². The highest BCUT2D eigenvalue weighted by molar-refractivity contribution is 5.07. The lowest BCUT2D eigenvalue weighted by molar-refractivity contribution is 0.444. The zero-order valence-electron chi connectivity index (χ0n) is 8.34. The zero-order chi connectivity index (χ0) is 9.68. The van der Waals surface area contributed by atoms with Gasteiger partial charge in [-0.1, -0.05) is 13.0 Å². The average Bonchev–Trinajstić information content (AvgIpc) is 2.61. The molecule has 0 aliphatic heterocycles. The van der Waals surface area contributed by atoms with Crippen LogP contribution in [0.15, 0.2) is 29.2 Å². The smallest absolute Gasteiger partial charge is 0.117 e. The highest BCUT2D eigenvalue weighted by Gasteiger charge is 2.00. The second kappa shape index (κ2) is 4.87. The van der Waals surface area contributed by atoms with Gasteiger partial charge in [-0.25, -0.2) is 0 Å². The Morgan fingerprint density at radius 3 is 2.77 bits per heavy atom. The van der Waals surface area contributed by atoms with Gasteiger partial charge in [-0.05, 0) is 19.1 Å². The van der Waals surface area contributed by atoms with Crippen molar-refractivity contribution in [3.63, 3.8) is 0 Å². The largest absolute Gasteiger partial charge is 0.465 e. The number of hydrogen-bond donors (Lipinski definition) is 1. The lowest BCUT2D eigenvalue weighted by Gasteiger charge is -2.06. The molecule has 72 valence electrons. The van der Waals surface area contributed by atoms with E-state index in [1.165, 1.54) is 0 Å². The Balaban J connectivity index is 2.40. The fourth-order valence-electron chi connectivity index (χ4n) is 1.05. The zero-order valence-corrected chi connectivity index (χ0v) is 8.34. The van der Waals surface area contributed by atoms with Gasteiger partial charge >= 0.3 is 0 Å². The number of furan rings is 1. The fraction of sp³-hybridized carbons (Fsp3) is 0.455. The van der Waals surface area contributed by atoms with E-state index in [0.717, 1.165) is 24.5 Å². The fourth-order valence-corrected chi connectivity index (χ4v) is 1.05. The maximum atomic E-state index is 5.53. The summed E-state index contributed by atoms with van der Waals surface area (Å²) in [6.07, 6.45) is 2.83. The monoisotopic (exact) mass is 179 g/mol. The van der Waals surface area contributed by atoms with E-state index in [2.05, 4.69) is 25.7 Å². The lowest BCUT2D eigenvalue weighted by atomic mass is 10.3. The molecule has 0 aromatic carbocycles. The summed E-state index contributed by atoms with van der Waals surface area (Å²) in [5.74, 6) is 2.04. The first-order valence-corrected chi connectivity index (χ1v) is 4.69. The van der Waals surface area contributed by atoms with Crippen LogP contribution in [0.1, 0.15) is 25.4 Å². The minimum absolute atomic E-state index is 0.329. The highest BCUT2D eigenvalue weighted by Crippen LogP contribution is 2.07. The molecule has 0 bridgehead atoms. The molecule has 0 radical (unpaired) electrons. The third kappa shape index (κ3) is 3.07. The van der Waals surface area contributed by atoms with Crippen molar-refractivity contribution in [3.8, 4) is 0 Å². The van der Waals surface area contributed by atoms with Gasteiger partial charge in [0.1, 0.15) is 11.5 Å². The summed E-state index contributed by atoms with van der Waals surface area (Å²) >= 11 is 0. The molecule has 0 amide bonds. The van der Waals surface area contributed by atoms with E-state index in [-0.39, 0.29) is 0 Å². The van der Waals surface area contributed by atoms with Crippen LogP contribution in [0.3, 0.4) is 0 Å². The molecule has 13 heavy (non-hydrogen) atoms. The topological polar surface area (TPSA) is 25.2 Å². The van der Waals surface area contributed by atoms with Crippen LogP contribution in [0.25, 0.3) is 0 Å². The normalized spacial score (nSPS) is 12.8. The quantitative estimate of drug-likeness (QED) is 0.702. The molecule has 0 fully saturated rings. The lowest BCUT2D eigenvalue weighted by Crippen LogP contribution is -2.22. The predicted octanol–water partition coefficient (Wildman–Crippen LogP) is 2.51. The van der Waals surface area contributed by atoms with Crippen LogP contribution in [-0.2, 0) is 13.0 Å². The van der Waals surface area contributed by atoms with E-state index in [0.29, 0.717) is 6.04 Å². The second-order valence-electron chi connectivity index (χ2n) is 3.13. The molecule has 0 aliphatic carbocycles. The molecule has 1 rings (SSSR count). The first-order valence-electron chi connectivity index (χ1n) is 4.69. The number of aryl methyl sites for hydroxylation is 1. The number of rotatable bonds is 5. The van der Waals surface area contributed by atoms with Crippen molar-refractivity contribution >= 4 is 0 Å². The number of hydrogen-bond acceptors (Lipinski definition) is 2. The first kappa shape index (κ1) is 10.1. The molecule has 1 unspecified atom stereocenters. The van der Waals surface area contributed by atoms with E-state index in [1.807, 2.05) is 18.2 Å². The van der Waals surface area contributed by atoms with Crippen molar-refractivity contribution < 1.29 is 4.42 Å². The minimum Gasteiger partial charge on any atom is -0.465 e. The third-order valence-corrected chi connectivity index (χ3v) is 2.02. The van der Waals surface area contributed by atoms with Crippen molar-refractivity contribution in [1.82, 2.24) is 5.32 Å². The maximum absolute atomic E-state index is 5.53. The van der Waals surface area contributed by atoms with Crippen LogP contribution in [0, 0.1) is 0 Å². The summed E-state index contributed by atoms with van der Waals surface area (Å²) in [6, 6.07) is 4.37. The van der Waals surface area contributed by atoms with Crippen LogP contribution >= 0.6 is 0 Å². The van der Waals surface area contributed by atoms with Crippen LogP contribution < -0.4 is 5.32 Å². The molecule has 1 aromatic heterocycles. The average molecular weight is 179 g/mol. The van der Waals surface area contributed by atoms with Crippen LogP contribution in [-0.4, -0.2) is 6.04 Å². The molecule has 1 aromatic rings. The summed E-state index contributed by atoms with van der Waals surface area (Å²) in [5, 5.41) is 3.27. The van der Waals surface area contributed by atoms with Gasteiger partial charge in [0.15, 0.2) is 0 Å². The molecular weight excluding hydrogens is 162 g/mol. The summed E-state index contributed by atoms with van der Waals surface area (Å²) in [4.78, 5) is 0. The Bertz CT molecular complexity index is 265. The minimum atomic E-state index is 0.329. The molecular formula is C11H17NO.